The molecule has 0 radical (unpaired) electrons. The highest BCUT2D eigenvalue weighted by molar-refractivity contribution is 5.88. The van der Waals surface area contributed by atoms with Gasteiger partial charge in [-0.1, -0.05) is 33.1 Å². The fraction of sp³-hybridized carbons (Fsp3) is 0.917. The summed E-state index contributed by atoms with van der Waals surface area (Å²) in [6.07, 6.45) is 13.4. The molecule has 0 aromatic heterocycles. The average Bonchev–Trinajstić information content (AvgIpc) is 2.95. The zero-order valence-corrected chi connectivity index (χ0v) is 17.5. The molecule has 2 N–H and O–H groups in total. The molecule has 0 amide bonds. The van der Waals surface area contributed by atoms with Gasteiger partial charge >= 0.3 is 0 Å². The maximum absolute atomic E-state index is 13.3. The zero-order valence-electron chi connectivity index (χ0n) is 17.5. The number of fused-ring (bicyclic) bond motifs is 5. The fourth-order valence-corrected chi connectivity index (χ4v) is 7.91. The van der Waals surface area contributed by atoms with Crippen LogP contribution in [0.3, 0.4) is 0 Å². The molecule has 3 heteroatoms. The van der Waals surface area contributed by atoms with Crippen LogP contribution in [-0.4, -0.2) is 18.1 Å². The van der Waals surface area contributed by atoms with E-state index in [4.69, 9.17) is 5.73 Å². The summed E-state index contributed by atoms with van der Waals surface area (Å²) in [4.78, 5) is 25.8. The van der Waals surface area contributed by atoms with Crippen molar-refractivity contribution in [2.45, 2.75) is 90.9 Å². The van der Waals surface area contributed by atoms with Crippen LogP contribution in [0.2, 0.25) is 0 Å². The van der Waals surface area contributed by atoms with Gasteiger partial charge in [0.25, 0.3) is 0 Å². The first kappa shape index (κ1) is 19.6. The van der Waals surface area contributed by atoms with E-state index in [1.165, 1.54) is 38.5 Å². The number of ketones is 2. The molecular weight excluding hydrogens is 334 g/mol. The lowest BCUT2D eigenvalue weighted by molar-refractivity contribution is -0.158. The van der Waals surface area contributed by atoms with Crippen LogP contribution in [0.25, 0.3) is 0 Å². The minimum atomic E-state index is -0.120. The van der Waals surface area contributed by atoms with Crippen molar-refractivity contribution in [2.75, 3.05) is 6.54 Å². The molecule has 0 bridgehead atoms. The van der Waals surface area contributed by atoms with Gasteiger partial charge in [-0.25, -0.2) is 0 Å². The molecule has 4 fully saturated rings. The van der Waals surface area contributed by atoms with Crippen LogP contribution in [-0.2, 0) is 9.59 Å². The number of rotatable bonds is 5. The maximum Gasteiger partial charge on any atom is 0.139 e. The van der Waals surface area contributed by atoms with E-state index in [0.29, 0.717) is 29.3 Å². The van der Waals surface area contributed by atoms with Gasteiger partial charge in [0.15, 0.2) is 0 Å². The maximum atomic E-state index is 13.3. The molecule has 0 aliphatic heterocycles. The van der Waals surface area contributed by atoms with Crippen LogP contribution in [0.4, 0.5) is 0 Å². The van der Waals surface area contributed by atoms with E-state index in [1.807, 2.05) is 0 Å². The molecule has 1 unspecified atom stereocenters. The van der Waals surface area contributed by atoms with E-state index < -0.39 is 0 Å². The molecule has 4 aliphatic rings. The third kappa shape index (κ3) is 3.12. The average molecular weight is 374 g/mol. The van der Waals surface area contributed by atoms with E-state index in [9.17, 15) is 9.59 Å². The lowest BCUT2D eigenvalue weighted by atomic mass is 9.44. The van der Waals surface area contributed by atoms with Gasteiger partial charge in [-0.05, 0) is 80.6 Å². The second-order valence-electron chi connectivity index (χ2n) is 10.8. The van der Waals surface area contributed by atoms with Crippen molar-refractivity contribution in [3.8, 4) is 0 Å². The van der Waals surface area contributed by atoms with Gasteiger partial charge in [0.2, 0.25) is 0 Å². The molecule has 0 spiro atoms. The fourth-order valence-electron chi connectivity index (χ4n) is 7.91. The van der Waals surface area contributed by atoms with Gasteiger partial charge in [0.05, 0.1) is 0 Å². The monoisotopic (exact) mass is 373 g/mol. The van der Waals surface area contributed by atoms with Gasteiger partial charge in [0.1, 0.15) is 11.6 Å². The highest BCUT2D eigenvalue weighted by Crippen LogP contribution is 2.65. The molecule has 0 heterocycles. The normalized spacial score (nSPS) is 46.7. The Morgan fingerprint density at radius 3 is 2.59 bits per heavy atom. The molecule has 4 aliphatic carbocycles. The number of carbonyl (C=O) groups is 2. The highest BCUT2D eigenvalue weighted by atomic mass is 16.1. The topological polar surface area (TPSA) is 60.2 Å². The molecule has 0 aromatic rings. The van der Waals surface area contributed by atoms with E-state index in [-0.39, 0.29) is 16.7 Å². The van der Waals surface area contributed by atoms with E-state index in [2.05, 4.69) is 13.8 Å². The molecule has 4 rings (SSSR count). The Morgan fingerprint density at radius 2 is 1.81 bits per heavy atom. The van der Waals surface area contributed by atoms with Crippen LogP contribution in [0.5, 0.6) is 0 Å². The van der Waals surface area contributed by atoms with Crippen LogP contribution in [0.1, 0.15) is 90.9 Å². The van der Waals surface area contributed by atoms with Crippen molar-refractivity contribution in [1.29, 1.82) is 0 Å². The summed E-state index contributed by atoms with van der Waals surface area (Å²) >= 11 is 0. The Hall–Kier alpha value is -0.700. The second kappa shape index (κ2) is 7.28. The number of carbonyl (C=O) groups excluding carboxylic acids is 2. The molecule has 7 atom stereocenters. The van der Waals surface area contributed by atoms with Gasteiger partial charge in [0, 0.05) is 24.2 Å². The van der Waals surface area contributed by atoms with E-state index in [1.54, 1.807) is 0 Å². The van der Waals surface area contributed by atoms with Crippen molar-refractivity contribution in [2.24, 2.45) is 46.2 Å². The Bertz CT molecular complexity index is 601. The molecular formula is C24H39NO2. The van der Waals surface area contributed by atoms with Gasteiger partial charge < -0.3 is 5.73 Å². The quantitative estimate of drug-likeness (QED) is 0.696. The summed E-state index contributed by atoms with van der Waals surface area (Å²) in [7, 11) is 0. The van der Waals surface area contributed by atoms with Crippen LogP contribution < -0.4 is 5.73 Å². The van der Waals surface area contributed by atoms with Gasteiger partial charge in [-0.3, -0.25) is 9.59 Å². The van der Waals surface area contributed by atoms with E-state index in [0.717, 1.165) is 51.0 Å². The lowest BCUT2D eigenvalue weighted by Crippen LogP contribution is -2.56. The number of Topliss-reactive ketones (excluding diaryl/α,β-unsaturated/α-hetero) is 2. The highest BCUT2D eigenvalue weighted by Gasteiger charge is 2.62. The molecule has 0 aromatic carbocycles. The third-order valence-corrected chi connectivity index (χ3v) is 9.59. The predicted octanol–water partition coefficient (Wildman–Crippen LogP) is 4.91. The minimum Gasteiger partial charge on any atom is -0.330 e. The van der Waals surface area contributed by atoms with Crippen LogP contribution in [0.15, 0.2) is 0 Å². The number of unbranched alkanes of at least 4 members (excludes halogenated alkanes) is 2. The first-order chi connectivity index (χ1) is 12.9. The smallest absolute Gasteiger partial charge is 0.139 e. The van der Waals surface area contributed by atoms with Gasteiger partial charge in [-0.15, -0.1) is 0 Å². The van der Waals surface area contributed by atoms with Crippen molar-refractivity contribution in [1.82, 2.24) is 0 Å². The Kier molecular flexibility index (Phi) is 5.29. The van der Waals surface area contributed by atoms with Gasteiger partial charge in [-0.2, -0.15) is 0 Å². The first-order valence-corrected chi connectivity index (χ1v) is 11.7. The molecule has 4 saturated carbocycles. The summed E-state index contributed by atoms with van der Waals surface area (Å²) in [5.41, 5.74) is 5.70. The summed E-state index contributed by atoms with van der Waals surface area (Å²) in [6.45, 7) is 5.45. The lowest BCUT2D eigenvalue weighted by Gasteiger charge is -2.59. The van der Waals surface area contributed by atoms with Crippen molar-refractivity contribution in [3.63, 3.8) is 0 Å². The third-order valence-electron chi connectivity index (χ3n) is 9.59. The standard InChI is InChI=1S/C24H39NO2/c1-23-11-9-16(6-4-3-5-13-25)14-20(23)21(26)15-17-18-7-8-22(27)24(18,2)12-10-19(17)23/h16-20H,3-15,25H2,1-2H3/t16-,17+,18+,19+,20?,23-,24+/m1/s1. The van der Waals surface area contributed by atoms with Crippen LogP contribution >= 0.6 is 0 Å². The molecule has 0 saturated heterocycles. The Morgan fingerprint density at radius 1 is 1.00 bits per heavy atom. The SMILES string of the molecule is C[C@]12CC[C@@H](CCCCCN)CC1C(=O)C[C@@H]1[C@@H]2CC[C@]2(C)C(=O)CC[C@@H]12. The van der Waals surface area contributed by atoms with Crippen molar-refractivity contribution < 1.29 is 9.59 Å². The second-order valence-corrected chi connectivity index (χ2v) is 10.8. The summed E-state index contributed by atoms with van der Waals surface area (Å²) in [5, 5.41) is 0. The number of nitrogens with two attached hydrogens (primary N) is 1. The van der Waals surface area contributed by atoms with E-state index >= 15 is 0 Å². The van der Waals surface area contributed by atoms with Crippen LogP contribution in [0, 0.1) is 40.4 Å². The molecule has 27 heavy (non-hydrogen) atoms. The first-order valence-electron chi connectivity index (χ1n) is 11.7. The Labute approximate surface area is 165 Å². The summed E-state index contributed by atoms with van der Waals surface area (Å²) < 4.78 is 0. The number of hydrogen-bond donors (Lipinski definition) is 1. The molecule has 152 valence electrons. The largest absolute Gasteiger partial charge is 0.330 e. The zero-order chi connectivity index (χ0) is 19.2. The Balaban J connectivity index is 1.48. The van der Waals surface area contributed by atoms with Crippen molar-refractivity contribution >= 4 is 11.6 Å². The predicted molar refractivity (Wildman–Crippen MR) is 108 cm³/mol. The number of hydrogen-bond acceptors (Lipinski definition) is 3. The van der Waals surface area contributed by atoms with Crippen molar-refractivity contribution in [3.05, 3.63) is 0 Å². The minimum absolute atomic E-state index is 0.120. The molecule has 3 nitrogen and oxygen atoms in total. The summed E-state index contributed by atoms with van der Waals surface area (Å²) in [5.74, 6) is 3.66. The summed E-state index contributed by atoms with van der Waals surface area (Å²) in [6, 6.07) is 0.